The molecule has 3 saturated heterocycles. The Morgan fingerprint density at radius 3 is 2.76 bits per heavy atom. The first-order valence-electron chi connectivity index (χ1n) is 11.1. The van der Waals surface area contributed by atoms with Crippen LogP contribution in [0.5, 0.6) is 0 Å². The summed E-state index contributed by atoms with van der Waals surface area (Å²) in [5.74, 6) is 0.452. The molecule has 3 fully saturated rings. The maximum Gasteiger partial charge on any atom is 0.320 e. The van der Waals surface area contributed by atoms with Gasteiger partial charge in [0.15, 0.2) is 0 Å². The van der Waals surface area contributed by atoms with Crippen molar-refractivity contribution in [2.75, 3.05) is 32.8 Å². The number of carbonyl (C=O) groups is 2. The van der Waals surface area contributed by atoms with Crippen molar-refractivity contribution in [1.82, 2.24) is 20.1 Å². The third-order valence-corrected chi connectivity index (χ3v) is 7.07. The second-order valence-corrected chi connectivity index (χ2v) is 8.83. The van der Waals surface area contributed by atoms with Crippen molar-refractivity contribution in [3.63, 3.8) is 0 Å². The number of aryl methyl sites for hydroxylation is 1. The molecule has 29 heavy (non-hydrogen) atoms. The van der Waals surface area contributed by atoms with E-state index < -0.39 is 0 Å². The second kappa shape index (κ2) is 7.94. The van der Waals surface area contributed by atoms with Gasteiger partial charge in [0.1, 0.15) is 6.61 Å². The SMILES string of the molecule is O=C1COC2CCN(C(=O)N3CCC(c4ccnc5c4CCCC5)CC3)C[C@H]2N1. The highest BCUT2D eigenvalue weighted by Crippen LogP contribution is 2.34. The van der Waals surface area contributed by atoms with Crippen LogP contribution in [0, 0.1) is 0 Å². The van der Waals surface area contributed by atoms with Gasteiger partial charge in [-0.15, -0.1) is 0 Å². The van der Waals surface area contributed by atoms with Crippen LogP contribution >= 0.6 is 0 Å². The smallest absolute Gasteiger partial charge is 0.320 e. The fourth-order valence-corrected chi connectivity index (χ4v) is 5.49. The van der Waals surface area contributed by atoms with Crippen LogP contribution in [0.25, 0.3) is 0 Å². The Kier molecular flexibility index (Phi) is 5.16. The number of ether oxygens (including phenoxy) is 1. The predicted molar refractivity (Wildman–Crippen MR) is 108 cm³/mol. The number of likely N-dealkylation sites (tertiary alicyclic amines) is 2. The number of aromatic nitrogens is 1. The number of hydrogen-bond acceptors (Lipinski definition) is 4. The van der Waals surface area contributed by atoms with Crippen LogP contribution < -0.4 is 5.32 Å². The lowest BCUT2D eigenvalue weighted by Gasteiger charge is -2.43. The van der Waals surface area contributed by atoms with Gasteiger partial charge in [0, 0.05) is 38.1 Å². The van der Waals surface area contributed by atoms with E-state index in [-0.39, 0.29) is 30.7 Å². The molecule has 0 bridgehead atoms. The largest absolute Gasteiger partial charge is 0.366 e. The van der Waals surface area contributed by atoms with Crippen molar-refractivity contribution in [3.8, 4) is 0 Å². The van der Waals surface area contributed by atoms with Crippen LogP contribution in [0.15, 0.2) is 12.3 Å². The van der Waals surface area contributed by atoms with Gasteiger partial charge in [0.2, 0.25) is 5.91 Å². The van der Waals surface area contributed by atoms with Gasteiger partial charge in [-0.2, -0.15) is 0 Å². The van der Waals surface area contributed by atoms with Gasteiger partial charge in [0.25, 0.3) is 0 Å². The van der Waals surface area contributed by atoms with Crippen molar-refractivity contribution in [1.29, 1.82) is 0 Å². The quantitative estimate of drug-likeness (QED) is 0.783. The fourth-order valence-electron chi connectivity index (χ4n) is 5.49. The molecular weight excluding hydrogens is 368 g/mol. The molecular formula is C22H30N4O3. The number of carbonyl (C=O) groups excluding carboxylic acids is 2. The Labute approximate surface area is 171 Å². The lowest BCUT2D eigenvalue weighted by Crippen LogP contribution is -2.62. The van der Waals surface area contributed by atoms with E-state index in [0.29, 0.717) is 19.0 Å². The Balaban J connectivity index is 1.20. The minimum absolute atomic E-state index is 0.0420. The molecule has 4 heterocycles. The summed E-state index contributed by atoms with van der Waals surface area (Å²) in [5.41, 5.74) is 4.26. The van der Waals surface area contributed by atoms with E-state index in [1.54, 1.807) is 0 Å². The molecule has 3 amide bonds. The number of urea groups is 1. The Bertz CT molecular complexity index is 790. The molecule has 7 heteroatoms. The summed E-state index contributed by atoms with van der Waals surface area (Å²) in [6, 6.07) is 2.25. The zero-order chi connectivity index (χ0) is 19.8. The molecule has 4 aliphatic rings. The maximum atomic E-state index is 13.1. The standard InChI is InChI=1S/C22H30N4O3/c27-21-14-29-20-8-12-26(13-19(20)24-21)22(28)25-10-6-15(7-11-25)16-5-9-23-18-4-2-1-3-17(16)18/h5,9,15,19-20H,1-4,6-8,10-14H2,(H,24,27)/t19-,20?/m1/s1. The van der Waals surface area contributed by atoms with E-state index in [0.717, 1.165) is 45.2 Å². The third-order valence-electron chi connectivity index (χ3n) is 7.07. The predicted octanol–water partition coefficient (Wildman–Crippen LogP) is 1.85. The molecule has 7 nitrogen and oxygen atoms in total. The van der Waals surface area contributed by atoms with Crippen molar-refractivity contribution in [2.45, 2.75) is 63.0 Å². The monoisotopic (exact) mass is 398 g/mol. The van der Waals surface area contributed by atoms with E-state index in [4.69, 9.17) is 4.74 Å². The summed E-state index contributed by atoms with van der Waals surface area (Å²) in [6.07, 6.45) is 9.61. The number of hydrogen-bond donors (Lipinski definition) is 1. The average molecular weight is 399 g/mol. The lowest BCUT2D eigenvalue weighted by atomic mass is 9.82. The Morgan fingerprint density at radius 2 is 1.90 bits per heavy atom. The third kappa shape index (κ3) is 3.72. The topological polar surface area (TPSA) is 74.8 Å². The molecule has 1 unspecified atom stereocenters. The van der Waals surface area contributed by atoms with Crippen LogP contribution in [0.3, 0.4) is 0 Å². The first-order valence-corrected chi connectivity index (χ1v) is 11.1. The molecule has 0 saturated carbocycles. The molecule has 3 aliphatic heterocycles. The van der Waals surface area contributed by atoms with Gasteiger partial charge in [-0.3, -0.25) is 9.78 Å². The molecule has 5 rings (SSSR count). The van der Waals surface area contributed by atoms with E-state index in [1.807, 2.05) is 16.0 Å². The number of amides is 3. The number of piperidine rings is 2. The van der Waals surface area contributed by atoms with Gasteiger partial charge in [-0.25, -0.2) is 4.79 Å². The van der Waals surface area contributed by atoms with Gasteiger partial charge in [-0.05, 0) is 68.1 Å². The van der Waals surface area contributed by atoms with E-state index in [9.17, 15) is 9.59 Å². The number of nitrogens with zero attached hydrogens (tertiary/aromatic N) is 3. The summed E-state index contributed by atoms with van der Waals surface area (Å²) in [7, 11) is 0. The zero-order valence-corrected chi connectivity index (χ0v) is 16.9. The van der Waals surface area contributed by atoms with E-state index in [1.165, 1.54) is 29.7 Å². The molecule has 156 valence electrons. The van der Waals surface area contributed by atoms with Crippen molar-refractivity contribution < 1.29 is 14.3 Å². The minimum atomic E-state index is -0.0814. The van der Waals surface area contributed by atoms with Crippen molar-refractivity contribution in [2.24, 2.45) is 0 Å². The van der Waals surface area contributed by atoms with Crippen LogP contribution in [0.2, 0.25) is 0 Å². The highest BCUT2D eigenvalue weighted by Gasteiger charge is 2.38. The summed E-state index contributed by atoms with van der Waals surface area (Å²) >= 11 is 0. The summed E-state index contributed by atoms with van der Waals surface area (Å²) in [6.45, 7) is 2.99. The van der Waals surface area contributed by atoms with Gasteiger partial charge in [-0.1, -0.05) is 0 Å². The van der Waals surface area contributed by atoms with Crippen LogP contribution in [0.1, 0.15) is 54.8 Å². The summed E-state index contributed by atoms with van der Waals surface area (Å²) in [4.78, 5) is 33.2. The van der Waals surface area contributed by atoms with Gasteiger partial charge in [0.05, 0.1) is 12.1 Å². The highest BCUT2D eigenvalue weighted by molar-refractivity contribution is 5.79. The van der Waals surface area contributed by atoms with E-state index >= 15 is 0 Å². The van der Waals surface area contributed by atoms with Crippen molar-refractivity contribution >= 4 is 11.9 Å². The highest BCUT2D eigenvalue weighted by atomic mass is 16.5. The number of pyridine rings is 1. The molecule has 0 radical (unpaired) electrons. The Hall–Kier alpha value is -2.15. The zero-order valence-electron chi connectivity index (χ0n) is 16.9. The van der Waals surface area contributed by atoms with Crippen LogP contribution in [-0.2, 0) is 22.4 Å². The summed E-state index contributed by atoms with van der Waals surface area (Å²) < 4.78 is 5.61. The normalized spacial score (nSPS) is 27.8. The first kappa shape index (κ1) is 18.9. The molecule has 1 aromatic heterocycles. The maximum absolute atomic E-state index is 13.1. The fraction of sp³-hybridized carbons (Fsp3) is 0.682. The number of morpholine rings is 1. The molecule has 1 aliphatic carbocycles. The van der Waals surface area contributed by atoms with Crippen LogP contribution in [-0.4, -0.2) is 71.7 Å². The number of nitrogens with one attached hydrogen (secondary N) is 1. The first-order chi connectivity index (χ1) is 14.2. The Morgan fingerprint density at radius 1 is 1.10 bits per heavy atom. The second-order valence-electron chi connectivity index (χ2n) is 8.83. The minimum Gasteiger partial charge on any atom is -0.366 e. The lowest BCUT2D eigenvalue weighted by molar-refractivity contribution is -0.139. The summed E-state index contributed by atoms with van der Waals surface area (Å²) in [5, 5.41) is 2.98. The molecule has 1 N–H and O–H groups in total. The van der Waals surface area contributed by atoms with Gasteiger partial charge < -0.3 is 19.9 Å². The van der Waals surface area contributed by atoms with E-state index in [2.05, 4.69) is 16.4 Å². The van der Waals surface area contributed by atoms with Gasteiger partial charge >= 0.3 is 6.03 Å². The number of fused-ring (bicyclic) bond motifs is 2. The molecule has 0 spiro atoms. The van der Waals surface area contributed by atoms with Crippen LogP contribution in [0.4, 0.5) is 4.79 Å². The molecule has 1 aromatic rings. The molecule has 2 atom stereocenters. The average Bonchev–Trinajstić information content (AvgIpc) is 2.78. The molecule has 0 aromatic carbocycles. The number of rotatable bonds is 1. The van der Waals surface area contributed by atoms with Crippen molar-refractivity contribution in [3.05, 3.63) is 29.1 Å².